The molecule has 4 rings (SSSR count). The first-order valence-corrected chi connectivity index (χ1v) is 9.35. The lowest BCUT2D eigenvalue weighted by atomic mass is 9.89. The highest BCUT2D eigenvalue weighted by atomic mass is 16.1. The predicted octanol–water partition coefficient (Wildman–Crippen LogP) is 3.14. The van der Waals surface area contributed by atoms with E-state index in [0.717, 1.165) is 19.4 Å². The maximum Gasteiger partial charge on any atom is 0.220 e. The van der Waals surface area contributed by atoms with Gasteiger partial charge in [0.2, 0.25) is 5.91 Å². The van der Waals surface area contributed by atoms with Crippen LogP contribution >= 0.6 is 0 Å². The summed E-state index contributed by atoms with van der Waals surface area (Å²) in [5.74, 6) is 0.817. The molecule has 2 atom stereocenters. The number of H-pyrrole nitrogens is 1. The van der Waals surface area contributed by atoms with Crippen molar-refractivity contribution in [3.63, 3.8) is 0 Å². The molecule has 0 aliphatic carbocycles. The summed E-state index contributed by atoms with van der Waals surface area (Å²) in [6.07, 6.45) is 9.76. The minimum Gasteiger partial charge on any atom is -0.361 e. The van der Waals surface area contributed by atoms with Crippen molar-refractivity contribution in [2.75, 3.05) is 6.54 Å². The molecule has 4 nitrogen and oxygen atoms in total. The molecule has 2 aromatic rings. The molecule has 0 spiro atoms. The normalized spacial score (nSPS) is 25.9. The van der Waals surface area contributed by atoms with E-state index in [1.54, 1.807) is 0 Å². The Balaban J connectivity index is 1.19. The van der Waals surface area contributed by atoms with Gasteiger partial charge in [0.1, 0.15) is 0 Å². The molecule has 1 aromatic carbocycles. The number of carbonyl (C=O) groups is 1. The molecule has 0 radical (unpaired) electrons. The van der Waals surface area contributed by atoms with Crippen molar-refractivity contribution < 1.29 is 4.79 Å². The summed E-state index contributed by atoms with van der Waals surface area (Å²) in [4.78, 5) is 15.5. The van der Waals surface area contributed by atoms with E-state index in [1.807, 2.05) is 0 Å². The zero-order chi connectivity index (χ0) is 16.4. The Labute approximate surface area is 143 Å². The summed E-state index contributed by atoms with van der Waals surface area (Å²) in [5, 5.41) is 8.06. The van der Waals surface area contributed by atoms with Gasteiger partial charge in [-0.25, -0.2) is 0 Å². The average Bonchev–Trinajstić information content (AvgIpc) is 3.15. The first-order valence-electron chi connectivity index (χ1n) is 9.35. The van der Waals surface area contributed by atoms with Crippen LogP contribution in [0.5, 0.6) is 0 Å². The highest BCUT2D eigenvalue weighted by Gasteiger charge is 2.33. The molecular weight excluding hydrogens is 298 g/mol. The molecule has 128 valence electrons. The number of aromatic nitrogens is 1. The van der Waals surface area contributed by atoms with E-state index in [1.165, 1.54) is 42.1 Å². The van der Waals surface area contributed by atoms with Gasteiger partial charge < -0.3 is 15.6 Å². The van der Waals surface area contributed by atoms with Gasteiger partial charge in [0.05, 0.1) is 0 Å². The summed E-state index contributed by atoms with van der Waals surface area (Å²) < 4.78 is 0. The maximum absolute atomic E-state index is 12.2. The molecule has 4 heteroatoms. The Hall–Kier alpha value is -1.81. The van der Waals surface area contributed by atoms with Crippen LogP contribution in [0, 0.1) is 5.92 Å². The van der Waals surface area contributed by atoms with Crippen molar-refractivity contribution in [3.8, 4) is 0 Å². The molecule has 2 bridgehead atoms. The Morgan fingerprint density at radius 3 is 2.79 bits per heavy atom. The zero-order valence-electron chi connectivity index (χ0n) is 14.2. The first-order chi connectivity index (χ1) is 11.8. The van der Waals surface area contributed by atoms with Crippen LogP contribution in [-0.4, -0.2) is 29.5 Å². The molecule has 2 unspecified atom stereocenters. The average molecular weight is 325 g/mol. The van der Waals surface area contributed by atoms with Gasteiger partial charge >= 0.3 is 0 Å². The van der Waals surface area contributed by atoms with Crippen LogP contribution in [0.3, 0.4) is 0 Å². The van der Waals surface area contributed by atoms with Gasteiger partial charge in [0.25, 0.3) is 0 Å². The van der Waals surface area contributed by atoms with Crippen LogP contribution in [0.2, 0.25) is 0 Å². The number of aryl methyl sites for hydroxylation is 1. The van der Waals surface area contributed by atoms with Gasteiger partial charge in [-0.15, -0.1) is 0 Å². The zero-order valence-corrected chi connectivity index (χ0v) is 14.2. The molecule has 3 heterocycles. The van der Waals surface area contributed by atoms with E-state index in [0.29, 0.717) is 24.4 Å². The molecule has 1 aromatic heterocycles. The third kappa shape index (κ3) is 3.48. The lowest BCUT2D eigenvalue weighted by Crippen LogP contribution is -2.39. The molecule has 0 saturated carbocycles. The standard InChI is InChI=1S/C20H27N3O/c24-20(12-14-10-16-7-8-17(11-14)23-16)21-9-3-4-15-13-22-19-6-2-1-5-18(15)19/h1-2,5-6,13-14,16-17,22-23H,3-4,7-12H2,(H,21,24). The second-order valence-corrected chi connectivity index (χ2v) is 7.49. The van der Waals surface area contributed by atoms with E-state index in [4.69, 9.17) is 0 Å². The number of nitrogens with one attached hydrogen (secondary N) is 3. The summed E-state index contributed by atoms with van der Waals surface area (Å²) in [6, 6.07) is 9.73. The van der Waals surface area contributed by atoms with Crippen LogP contribution < -0.4 is 10.6 Å². The molecule has 1 amide bonds. The number of para-hydroxylation sites is 1. The fourth-order valence-electron chi connectivity index (χ4n) is 4.52. The molecular formula is C20H27N3O. The third-order valence-corrected chi connectivity index (χ3v) is 5.66. The minimum atomic E-state index is 0.236. The number of carbonyl (C=O) groups excluding carboxylic acids is 1. The summed E-state index contributed by atoms with van der Waals surface area (Å²) in [5.41, 5.74) is 2.53. The van der Waals surface area contributed by atoms with Crippen molar-refractivity contribution >= 4 is 16.8 Å². The SMILES string of the molecule is O=C(CC1CC2CCC(C1)N2)NCCCc1c[nH]c2ccccc12. The first kappa shape index (κ1) is 15.7. The van der Waals surface area contributed by atoms with E-state index < -0.39 is 0 Å². The highest BCUT2D eigenvalue weighted by Crippen LogP contribution is 2.32. The lowest BCUT2D eigenvalue weighted by molar-refractivity contribution is -0.122. The summed E-state index contributed by atoms with van der Waals surface area (Å²) in [6.45, 7) is 0.774. The van der Waals surface area contributed by atoms with E-state index in [-0.39, 0.29) is 5.91 Å². The van der Waals surface area contributed by atoms with E-state index >= 15 is 0 Å². The van der Waals surface area contributed by atoms with Gasteiger partial charge in [-0.1, -0.05) is 18.2 Å². The summed E-state index contributed by atoms with van der Waals surface area (Å²) >= 11 is 0. The Bertz CT molecular complexity index is 696. The van der Waals surface area contributed by atoms with Crippen LogP contribution in [0.4, 0.5) is 0 Å². The third-order valence-electron chi connectivity index (χ3n) is 5.66. The van der Waals surface area contributed by atoms with Crippen LogP contribution in [0.15, 0.2) is 30.5 Å². The maximum atomic E-state index is 12.2. The Morgan fingerprint density at radius 2 is 1.96 bits per heavy atom. The number of hydrogen-bond donors (Lipinski definition) is 3. The van der Waals surface area contributed by atoms with Gasteiger partial charge in [-0.3, -0.25) is 4.79 Å². The van der Waals surface area contributed by atoms with Crippen molar-refractivity contribution in [2.45, 2.75) is 57.0 Å². The topological polar surface area (TPSA) is 56.9 Å². The largest absolute Gasteiger partial charge is 0.361 e. The minimum absolute atomic E-state index is 0.236. The van der Waals surface area contributed by atoms with E-state index in [2.05, 4.69) is 46.1 Å². The molecule has 2 saturated heterocycles. The van der Waals surface area contributed by atoms with Crippen LogP contribution in [0.1, 0.15) is 44.1 Å². The number of aromatic amines is 1. The number of hydrogen-bond acceptors (Lipinski definition) is 2. The number of benzene rings is 1. The second-order valence-electron chi connectivity index (χ2n) is 7.49. The molecule has 2 aliphatic heterocycles. The number of fused-ring (bicyclic) bond motifs is 3. The Kier molecular flexibility index (Phi) is 4.56. The monoisotopic (exact) mass is 325 g/mol. The summed E-state index contributed by atoms with van der Waals surface area (Å²) in [7, 11) is 0. The quantitative estimate of drug-likeness (QED) is 0.715. The van der Waals surface area contributed by atoms with E-state index in [9.17, 15) is 4.79 Å². The van der Waals surface area contributed by atoms with Gasteiger partial charge in [0.15, 0.2) is 0 Å². The van der Waals surface area contributed by atoms with Crippen molar-refractivity contribution in [3.05, 3.63) is 36.0 Å². The number of rotatable bonds is 6. The second kappa shape index (κ2) is 6.98. The van der Waals surface area contributed by atoms with Crippen molar-refractivity contribution in [1.29, 1.82) is 0 Å². The molecule has 3 N–H and O–H groups in total. The fourth-order valence-corrected chi connectivity index (χ4v) is 4.52. The fraction of sp³-hybridized carbons (Fsp3) is 0.550. The molecule has 24 heavy (non-hydrogen) atoms. The molecule has 2 fully saturated rings. The van der Waals surface area contributed by atoms with Crippen molar-refractivity contribution in [1.82, 2.24) is 15.6 Å². The molecule has 2 aliphatic rings. The lowest BCUT2D eigenvalue weighted by Gasteiger charge is -2.28. The van der Waals surface area contributed by atoms with Gasteiger partial charge in [-0.2, -0.15) is 0 Å². The van der Waals surface area contributed by atoms with Gasteiger partial charge in [0, 0.05) is 42.1 Å². The van der Waals surface area contributed by atoms with Gasteiger partial charge in [-0.05, 0) is 56.1 Å². The number of amides is 1. The van der Waals surface area contributed by atoms with Crippen LogP contribution in [0.25, 0.3) is 10.9 Å². The highest BCUT2D eigenvalue weighted by molar-refractivity contribution is 5.83. The van der Waals surface area contributed by atoms with Crippen LogP contribution in [-0.2, 0) is 11.2 Å². The Morgan fingerprint density at radius 1 is 1.17 bits per heavy atom. The number of piperidine rings is 1. The smallest absolute Gasteiger partial charge is 0.220 e. The van der Waals surface area contributed by atoms with Crippen molar-refractivity contribution in [2.24, 2.45) is 5.92 Å². The predicted molar refractivity (Wildman–Crippen MR) is 96.9 cm³/mol.